The minimum atomic E-state index is -0.531. The van der Waals surface area contributed by atoms with Gasteiger partial charge in [-0.25, -0.2) is 0 Å². The van der Waals surface area contributed by atoms with Crippen molar-refractivity contribution in [2.24, 2.45) is 0 Å². The molecular formula is C12H19N3O. The van der Waals surface area contributed by atoms with Crippen LogP contribution in [0.25, 0.3) is 0 Å². The van der Waals surface area contributed by atoms with E-state index >= 15 is 0 Å². The topological polar surface area (TPSA) is 62.4 Å². The Kier molecular flexibility index (Phi) is 3.01. The fourth-order valence-electron chi connectivity index (χ4n) is 2.19. The normalized spacial score (nSPS) is 26.5. The molecule has 1 aliphatic rings. The number of aliphatic hydroxyl groups is 1. The third-order valence-corrected chi connectivity index (χ3v) is 3.23. The van der Waals surface area contributed by atoms with E-state index in [0.717, 1.165) is 38.0 Å². The van der Waals surface area contributed by atoms with Crippen LogP contribution in [0.1, 0.15) is 26.2 Å². The van der Waals surface area contributed by atoms with Gasteiger partial charge in [-0.3, -0.25) is 4.98 Å². The fourth-order valence-corrected chi connectivity index (χ4v) is 2.19. The Bertz CT molecular complexity index is 365. The average molecular weight is 221 g/mol. The van der Waals surface area contributed by atoms with Crippen LogP contribution in [0.5, 0.6) is 0 Å². The third kappa shape index (κ3) is 2.44. The zero-order valence-electron chi connectivity index (χ0n) is 9.69. The number of nitrogens with two attached hydrogens (primary N) is 1. The lowest BCUT2D eigenvalue weighted by Gasteiger charge is -2.25. The third-order valence-electron chi connectivity index (χ3n) is 3.23. The molecule has 0 aromatic carbocycles. The maximum Gasteiger partial charge on any atom is 0.0738 e. The predicted molar refractivity (Wildman–Crippen MR) is 65.3 cm³/mol. The largest absolute Gasteiger partial charge is 0.396 e. The summed E-state index contributed by atoms with van der Waals surface area (Å²) in [4.78, 5) is 6.23. The quantitative estimate of drug-likeness (QED) is 0.752. The first-order valence-electron chi connectivity index (χ1n) is 5.75. The van der Waals surface area contributed by atoms with Gasteiger partial charge in [-0.05, 0) is 32.3 Å². The van der Waals surface area contributed by atoms with Crippen LogP contribution in [0, 0.1) is 0 Å². The second-order valence-electron chi connectivity index (χ2n) is 4.77. The molecule has 4 heteroatoms. The summed E-state index contributed by atoms with van der Waals surface area (Å²) in [5, 5.41) is 10.0. The van der Waals surface area contributed by atoms with Gasteiger partial charge in [0, 0.05) is 19.3 Å². The van der Waals surface area contributed by atoms with Gasteiger partial charge in [0.2, 0.25) is 0 Å². The van der Waals surface area contributed by atoms with Crippen LogP contribution in [0.2, 0.25) is 0 Å². The first kappa shape index (κ1) is 11.2. The minimum Gasteiger partial charge on any atom is -0.396 e. The minimum absolute atomic E-state index is 0.531. The molecule has 1 aliphatic heterocycles. The molecule has 0 saturated carbocycles. The van der Waals surface area contributed by atoms with Crippen LogP contribution in [0.3, 0.4) is 0 Å². The number of pyridine rings is 1. The van der Waals surface area contributed by atoms with Gasteiger partial charge in [0.1, 0.15) is 0 Å². The van der Waals surface area contributed by atoms with E-state index in [9.17, 15) is 5.11 Å². The van der Waals surface area contributed by atoms with Gasteiger partial charge in [-0.15, -0.1) is 0 Å². The van der Waals surface area contributed by atoms with Gasteiger partial charge in [0.15, 0.2) is 0 Å². The molecule has 0 aliphatic carbocycles. The van der Waals surface area contributed by atoms with Crippen molar-refractivity contribution in [3.05, 3.63) is 18.5 Å². The molecule has 0 amide bonds. The molecule has 0 bridgehead atoms. The van der Waals surface area contributed by atoms with Crippen molar-refractivity contribution in [2.75, 3.05) is 23.7 Å². The maximum atomic E-state index is 10.0. The lowest BCUT2D eigenvalue weighted by atomic mass is 9.98. The molecule has 0 radical (unpaired) electrons. The number of nitrogen functional groups attached to an aromatic ring is 1. The molecule has 0 spiro atoms. The van der Waals surface area contributed by atoms with E-state index in [4.69, 9.17) is 5.73 Å². The molecule has 1 fully saturated rings. The van der Waals surface area contributed by atoms with Crippen molar-refractivity contribution in [3.63, 3.8) is 0 Å². The number of hydrogen-bond donors (Lipinski definition) is 2. The number of nitrogens with zero attached hydrogens (tertiary/aromatic N) is 2. The van der Waals surface area contributed by atoms with Gasteiger partial charge in [0.05, 0.1) is 23.2 Å². The summed E-state index contributed by atoms with van der Waals surface area (Å²) >= 11 is 0. The number of hydrogen-bond acceptors (Lipinski definition) is 4. The molecule has 1 unspecified atom stereocenters. The zero-order valence-corrected chi connectivity index (χ0v) is 9.69. The average Bonchev–Trinajstić information content (AvgIpc) is 2.40. The lowest BCUT2D eigenvalue weighted by Crippen LogP contribution is -2.28. The van der Waals surface area contributed by atoms with Crippen molar-refractivity contribution >= 4 is 11.4 Å². The van der Waals surface area contributed by atoms with Gasteiger partial charge in [0.25, 0.3) is 0 Å². The second kappa shape index (κ2) is 4.29. The van der Waals surface area contributed by atoms with Crippen molar-refractivity contribution in [1.29, 1.82) is 0 Å². The molecule has 3 N–H and O–H groups in total. The van der Waals surface area contributed by atoms with Crippen molar-refractivity contribution in [2.45, 2.75) is 31.8 Å². The van der Waals surface area contributed by atoms with Crippen LogP contribution in [0.15, 0.2) is 18.5 Å². The monoisotopic (exact) mass is 221 g/mol. The van der Waals surface area contributed by atoms with E-state index in [2.05, 4.69) is 9.88 Å². The second-order valence-corrected chi connectivity index (χ2v) is 4.77. The smallest absolute Gasteiger partial charge is 0.0738 e. The highest BCUT2D eigenvalue weighted by Gasteiger charge is 2.25. The van der Waals surface area contributed by atoms with E-state index in [1.165, 1.54) is 0 Å². The molecule has 88 valence electrons. The van der Waals surface area contributed by atoms with Gasteiger partial charge >= 0.3 is 0 Å². The highest BCUT2D eigenvalue weighted by atomic mass is 16.3. The van der Waals surface area contributed by atoms with Crippen LogP contribution in [-0.4, -0.2) is 28.8 Å². The fraction of sp³-hybridized carbons (Fsp3) is 0.583. The Morgan fingerprint density at radius 1 is 1.44 bits per heavy atom. The first-order chi connectivity index (χ1) is 7.58. The highest BCUT2D eigenvalue weighted by Crippen LogP contribution is 2.27. The first-order valence-corrected chi connectivity index (χ1v) is 5.75. The standard InChI is InChI=1S/C12H19N3O/c1-12(16)4-2-7-15(8-5-12)11-3-6-14-9-10(11)13/h3,6,9,16H,2,4-5,7-8,13H2,1H3. The van der Waals surface area contributed by atoms with Crippen molar-refractivity contribution in [3.8, 4) is 0 Å². The van der Waals surface area contributed by atoms with Crippen molar-refractivity contribution in [1.82, 2.24) is 4.98 Å². The highest BCUT2D eigenvalue weighted by molar-refractivity contribution is 5.65. The molecule has 2 heterocycles. The SMILES string of the molecule is CC1(O)CCCN(c2ccncc2N)CC1. The molecule has 4 nitrogen and oxygen atoms in total. The predicted octanol–water partition coefficient (Wildman–Crippen LogP) is 1.41. The number of anilines is 2. The molecule has 1 aromatic heterocycles. The zero-order chi connectivity index (χ0) is 11.6. The van der Waals surface area contributed by atoms with E-state index in [-0.39, 0.29) is 0 Å². The summed E-state index contributed by atoms with van der Waals surface area (Å²) in [7, 11) is 0. The molecule has 1 saturated heterocycles. The lowest BCUT2D eigenvalue weighted by molar-refractivity contribution is 0.0481. The Balaban J connectivity index is 2.14. The van der Waals surface area contributed by atoms with E-state index in [1.54, 1.807) is 12.4 Å². The van der Waals surface area contributed by atoms with Crippen LogP contribution in [-0.2, 0) is 0 Å². The summed E-state index contributed by atoms with van der Waals surface area (Å²) in [5.41, 5.74) is 7.12. The Morgan fingerprint density at radius 2 is 2.25 bits per heavy atom. The van der Waals surface area contributed by atoms with Gasteiger partial charge in [-0.1, -0.05) is 0 Å². The summed E-state index contributed by atoms with van der Waals surface area (Å²) in [5.74, 6) is 0. The summed E-state index contributed by atoms with van der Waals surface area (Å²) in [6, 6.07) is 1.94. The summed E-state index contributed by atoms with van der Waals surface area (Å²) in [6.45, 7) is 3.71. The van der Waals surface area contributed by atoms with Crippen LogP contribution in [0.4, 0.5) is 11.4 Å². The van der Waals surface area contributed by atoms with Crippen LogP contribution < -0.4 is 10.6 Å². The van der Waals surface area contributed by atoms with E-state index < -0.39 is 5.60 Å². The number of rotatable bonds is 1. The van der Waals surface area contributed by atoms with E-state index in [1.807, 2.05) is 13.0 Å². The maximum absolute atomic E-state index is 10.0. The van der Waals surface area contributed by atoms with Gasteiger partial charge < -0.3 is 15.7 Å². The van der Waals surface area contributed by atoms with Crippen molar-refractivity contribution < 1.29 is 5.11 Å². The van der Waals surface area contributed by atoms with Gasteiger partial charge in [-0.2, -0.15) is 0 Å². The Labute approximate surface area is 96.1 Å². The Hall–Kier alpha value is -1.29. The molecular weight excluding hydrogens is 202 g/mol. The molecule has 1 aromatic rings. The number of aromatic nitrogens is 1. The Morgan fingerprint density at radius 3 is 3.00 bits per heavy atom. The summed E-state index contributed by atoms with van der Waals surface area (Å²) < 4.78 is 0. The van der Waals surface area contributed by atoms with Crippen LogP contribution >= 0.6 is 0 Å². The molecule has 16 heavy (non-hydrogen) atoms. The molecule has 1 atom stereocenters. The summed E-state index contributed by atoms with van der Waals surface area (Å²) in [6.07, 6.45) is 6.07. The molecule has 2 rings (SSSR count). The van der Waals surface area contributed by atoms with E-state index in [0.29, 0.717) is 5.69 Å².